The van der Waals surface area contributed by atoms with Gasteiger partial charge in [-0.3, -0.25) is 9.78 Å². The smallest absolute Gasteiger partial charge is 0.239 e. The van der Waals surface area contributed by atoms with E-state index in [0.29, 0.717) is 17.2 Å². The van der Waals surface area contributed by atoms with Crippen molar-refractivity contribution in [3.63, 3.8) is 0 Å². The maximum atomic E-state index is 11.8. The molecule has 0 bridgehead atoms. The van der Waals surface area contributed by atoms with Crippen LogP contribution in [0.4, 0.5) is 5.69 Å². The number of aromatic nitrogens is 1. The molecule has 5 heteroatoms. The van der Waals surface area contributed by atoms with Gasteiger partial charge in [0.2, 0.25) is 5.91 Å². The number of benzene rings is 1. The first kappa shape index (κ1) is 13.4. The Morgan fingerprint density at radius 2 is 2.19 bits per heavy atom. The van der Waals surface area contributed by atoms with Gasteiger partial charge in [0.05, 0.1) is 23.3 Å². The maximum absolute atomic E-state index is 11.8. The topological polar surface area (TPSA) is 77.8 Å². The van der Waals surface area contributed by atoms with Crippen molar-refractivity contribution in [3.8, 4) is 6.07 Å². The molecule has 1 aromatic heterocycles. The van der Waals surface area contributed by atoms with E-state index in [1.807, 2.05) is 24.3 Å². The summed E-state index contributed by atoms with van der Waals surface area (Å²) in [6, 6.07) is 9.68. The molecule has 1 saturated carbocycles. The fourth-order valence-electron chi connectivity index (χ4n) is 2.23. The SMILES string of the molecule is N#Cc1cnc2ccccc2c1NCC(=O)NCC1CC1. The summed E-state index contributed by atoms with van der Waals surface area (Å²) in [4.78, 5) is 16.1. The average molecular weight is 280 g/mol. The van der Waals surface area contributed by atoms with Crippen LogP contribution >= 0.6 is 0 Å². The highest BCUT2D eigenvalue weighted by atomic mass is 16.1. The summed E-state index contributed by atoms with van der Waals surface area (Å²) >= 11 is 0. The van der Waals surface area contributed by atoms with Gasteiger partial charge in [0.15, 0.2) is 0 Å². The van der Waals surface area contributed by atoms with Gasteiger partial charge >= 0.3 is 0 Å². The summed E-state index contributed by atoms with van der Waals surface area (Å²) in [5.41, 5.74) is 1.92. The largest absolute Gasteiger partial charge is 0.374 e. The van der Waals surface area contributed by atoms with Crippen LogP contribution in [0.3, 0.4) is 0 Å². The van der Waals surface area contributed by atoms with Crippen LogP contribution in [0.5, 0.6) is 0 Å². The Labute approximate surface area is 123 Å². The van der Waals surface area contributed by atoms with E-state index in [1.165, 1.54) is 19.0 Å². The third kappa shape index (κ3) is 3.11. The van der Waals surface area contributed by atoms with E-state index in [2.05, 4.69) is 21.7 Å². The van der Waals surface area contributed by atoms with E-state index in [4.69, 9.17) is 0 Å². The first-order valence-electron chi connectivity index (χ1n) is 7.06. The second kappa shape index (κ2) is 5.80. The Hall–Kier alpha value is -2.61. The first-order chi connectivity index (χ1) is 10.3. The molecular formula is C16H16N4O. The Bertz CT molecular complexity index is 716. The highest BCUT2D eigenvalue weighted by Gasteiger charge is 2.21. The van der Waals surface area contributed by atoms with Gasteiger partial charge in [0.1, 0.15) is 6.07 Å². The van der Waals surface area contributed by atoms with Gasteiger partial charge in [-0.1, -0.05) is 18.2 Å². The quantitative estimate of drug-likeness (QED) is 0.878. The van der Waals surface area contributed by atoms with E-state index in [-0.39, 0.29) is 12.5 Å². The maximum Gasteiger partial charge on any atom is 0.239 e. The molecule has 0 atom stereocenters. The average Bonchev–Trinajstić information content (AvgIpc) is 3.34. The van der Waals surface area contributed by atoms with E-state index in [0.717, 1.165) is 17.4 Å². The minimum atomic E-state index is -0.0494. The molecule has 21 heavy (non-hydrogen) atoms. The highest BCUT2D eigenvalue weighted by molar-refractivity contribution is 5.95. The lowest BCUT2D eigenvalue weighted by Gasteiger charge is -2.11. The van der Waals surface area contributed by atoms with Crippen LogP contribution in [0.1, 0.15) is 18.4 Å². The van der Waals surface area contributed by atoms with Crippen molar-refractivity contribution < 1.29 is 4.79 Å². The summed E-state index contributed by atoms with van der Waals surface area (Å²) in [6.45, 7) is 0.915. The third-order valence-corrected chi connectivity index (χ3v) is 3.61. The van der Waals surface area contributed by atoms with E-state index in [1.54, 1.807) is 0 Å². The Balaban J connectivity index is 1.75. The number of nitriles is 1. The lowest BCUT2D eigenvalue weighted by atomic mass is 10.1. The number of anilines is 1. The monoisotopic (exact) mass is 280 g/mol. The fraction of sp³-hybridized carbons (Fsp3) is 0.312. The Morgan fingerprint density at radius 1 is 1.38 bits per heavy atom. The molecule has 2 N–H and O–H groups in total. The number of nitrogens with zero attached hydrogens (tertiary/aromatic N) is 2. The molecule has 0 unspecified atom stereocenters. The second-order valence-corrected chi connectivity index (χ2v) is 5.28. The number of rotatable bonds is 5. The standard InChI is InChI=1S/C16H16N4O/c17-7-12-9-18-14-4-2-1-3-13(14)16(12)20-10-15(21)19-8-11-5-6-11/h1-4,9,11H,5-6,8,10H2,(H,18,20)(H,19,21). The molecule has 1 aliphatic rings. The van der Waals surface area contributed by atoms with Gasteiger partial charge in [-0.05, 0) is 24.8 Å². The molecule has 2 aromatic rings. The first-order valence-corrected chi connectivity index (χ1v) is 7.06. The number of amides is 1. The summed E-state index contributed by atoms with van der Waals surface area (Å²) in [5.74, 6) is 0.608. The highest BCUT2D eigenvalue weighted by Crippen LogP contribution is 2.27. The second-order valence-electron chi connectivity index (χ2n) is 5.28. The number of para-hydroxylation sites is 1. The molecule has 0 saturated heterocycles. The molecule has 5 nitrogen and oxygen atoms in total. The molecule has 0 aliphatic heterocycles. The number of carbonyl (C=O) groups is 1. The van der Waals surface area contributed by atoms with Crippen LogP contribution in [0.2, 0.25) is 0 Å². The van der Waals surface area contributed by atoms with Gasteiger partial charge in [-0.2, -0.15) is 5.26 Å². The third-order valence-electron chi connectivity index (χ3n) is 3.61. The van der Waals surface area contributed by atoms with Crippen LogP contribution in [0.15, 0.2) is 30.5 Å². The number of nitrogens with one attached hydrogen (secondary N) is 2. The number of hydrogen-bond donors (Lipinski definition) is 2. The molecular weight excluding hydrogens is 264 g/mol. The summed E-state index contributed by atoms with van der Waals surface area (Å²) in [6.07, 6.45) is 3.95. The molecule has 0 spiro atoms. The van der Waals surface area contributed by atoms with E-state index in [9.17, 15) is 10.1 Å². The fourth-order valence-corrected chi connectivity index (χ4v) is 2.23. The van der Waals surface area contributed by atoms with Crippen LogP contribution < -0.4 is 10.6 Å². The van der Waals surface area contributed by atoms with Crippen molar-refractivity contribution >= 4 is 22.5 Å². The van der Waals surface area contributed by atoms with Crippen molar-refractivity contribution in [2.45, 2.75) is 12.8 Å². The predicted molar refractivity (Wildman–Crippen MR) is 80.7 cm³/mol. The Morgan fingerprint density at radius 3 is 2.95 bits per heavy atom. The van der Waals surface area contributed by atoms with Crippen molar-refractivity contribution in [3.05, 3.63) is 36.0 Å². The molecule has 1 amide bonds. The molecule has 1 heterocycles. The normalized spacial score (nSPS) is 13.7. The molecule has 1 aromatic carbocycles. The zero-order chi connectivity index (χ0) is 14.7. The van der Waals surface area contributed by atoms with E-state index >= 15 is 0 Å². The predicted octanol–water partition coefficient (Wildman–Crippen LogP) is 2.04. The molecule has 1 fully saturated rings. The van der Waals surface area contributed by atoms with Crippen molar-refractivity contribution in [2.75, 3.05) is 18.4 Å². The summed E-state index contributed by atoms with van der Waals surface area (Å²) in [5, 5.41) is 16.0. The molecule has 106 valence electrons. The van der Waals surface area contributed by atoms with Crippen LogP contribution in [0.25, 0.3) is 10.9 Å². The van der Waals surface area contributed by atoms with Gasteiger partial charge in [-0.25, -0.2) is 0 Å². The van der Waals surface area contributed by atoms with Crippen LogP contribution in [0, 0.1) is 17.2 Å². The zero-order valence-electron chi connectivity index (χ0n) is 11.6. The minimum Gasteiger partial charge on any atom is -0.374 e. The number of pyridine rings is 1. The van der Waals surface area contributed by atoms with Gasteiger partial charge < -0.3 is 10.6 Å². The Kier molecular flexibility index (Phi) is 3.69. The van der Waals surface area contributed by atoms with Gasteiger partial charge in [0, 0.05) is 18.1 Å². The van der Waals surface area contributed by atoms with Crippen LogP contribution in [-0.2, 0) is 4.79 Å². The number of fused-ring (bicyclic) bond motifs is 1. The van der Waals surface area contributed by atoms with Gasteiger partial charge in [-0.15, -0.1) is 0 Å². The van der Waals surface area contributed by atoms with Crippen molar-refractivity contribution in [1.29, 1.82) is 5.26 Å². The van der Waals surface area contributed by atoms with Gasteiger partial charge in [0.25, 0.3) is 0 Å². The lowest BCUT2D eigenvalue weighted by molar-refractivity contribution is -0.119. The molecule has 1 aliphatic carbocycles. The lowest BCUT2D eigenvalue weighted by Crippen LogP contribution is -2.31. The molecule has 0 radical (unpaired) electrons. The number of carbonyl (C=O) groups excluding carboxylic acids is 1. The zero-order valence-corrected chi connectivity index (χ0v) is 11.6. The summed E-state index contributed by atoms with van der Waals surface area (Å²) in [7, 11) is 0. The van der Waals surface area contributed by atoms with Crippen LogP contribution in [-0.4, -0.2) is 24.0 Å². The van der Waals surface area contributed by atoms with Crippen molar-refractivity contribution in [1.82, 2.24) is 10.3 Å². The number of hydrogen-bond acceptors (Lipinski definition) is 4. The molecule has 3 rings (SSSR count). The minimum absolute atomic E-state index is 0.0494. The van der Waals surface area contributed by atoms with Crippen molar-refractivity contribution in [2.24, 2.45) is 5.92 Å². The summed E-state index contributed by atoms with van der Waals surface area (Å²) < 4.78 is 0. The van der Waals surface area contributed by atoms with E-state index < -0.39 is 0 Å².